The van der Waals surface area contributed by atoms with Gasteiger partial charge in [0, 0.05) is 13.0 Å². The van der Waals surface area contributed by atoms with E-state index in [9.17, 15) is 0 Å². The predicted molar refractivity (Wildman–Crippen MR) is 61.0 cm³/mol. The van der Waals surface area contributed by atoms with Gasteiger partial charge < -0.3 is 5.32 Å². The third-order valence-electron chi connectivity index (χ3n) is 2.12. The standard InChI is InChI=1S/C12H22N2/c1-2-3-4-5-6-7-8-11-14-12-9-10-13/h2-3,14H,4-9,11-12H2,1H3/b3-2+. The van der Waals surface area contributed by atoms with Crippen molar-refractivity contribution in [3.05, 3.63) is 12.2 Å². The van der Waals surface area contributed by atoms with E-state index in [-0.39, 0.29) is 0 Å². The van der Waals surface area contributed by atoms with Crippen molar-refractivity contribution in [2.24, 2.45) is 0 Å². The van der Waals surface area contributed by atoms with E-state index in [2.05, 4.69) is 30.5 Å². The molecule has 0 saturated heterocycles. The molecule has 0 rings (SSSR count). The largest absolute Gasteiger partial charge is 0.316 e. The number of rotatable bonds is 9. The van der Waals surface area contributed by atoms with Crippen molar-refractivity contribution >= 4 is 0 Å². The molecule has 0 aliphatic heterocycles. The maximum absolute atomic E-state index is 8.29. The Morgan fingerprint density at radius 3 is 2.64 bits per heavy atom. The van der Waals surface area contributed by atoms with Crippen LogP contribution in [0.2, 0.25) is 0 Å². The first kappa shape index (κ1) is 13.2. The van der Waals surface area contributed by atoms with Gasteiger partial charge in [-0.1, -0.05) is 25.0 Å². The van der Waals surface area contributed by atoms with Crippen LogP contribution < -0.4 is 5.32 Å². The minimum Gasteiger partial charge on any atom is -0.316 e. The molecule has 0 fully saturated rings. The summed E-state index contributed by atoms with van der Waals surface area (Å²) >= 11 is 0. The molecule has 2 heteroatoms. The Bertz CT molecular complexity index is 168. The fourth-order valence-electron chi connectivity index (χ4n) is 1.30. The Morgan fingerprint density at radius 2 is 1.93 bits per heavy atom. The summed E-state index contributed by atoms with van der Waals surface area (Å²) in [6.45, 7) is 3.97. The van der Waals surface area contributed by atoms with Crippen molar-refractivity contribution in [3.63, 3.8) is 0 Å². The average Bonchev–Trinajstić information content (AvgIpc) is 2.21. The SMILES string of the molecule is C/C=C/CCCCCCNCCC#N. The lowest BCUT2D eigenvalue weighted by molar-refractivity contribution is 0.593. The quantitative estimate of drug-likeness (QED) is 0.452. The smallest absolute Gasteiger partial charge is 0.0635 e. The summed E-state index contributed by atoms with van der Waals surface area (Å²) in [4.78, 5) is 0. The van der Waals surface area contributed by atoms with Gasteiger partial charge in [-0.2, -0.15) is 5.26 Å². The molecule has 0 aromatic heterocycles. The predicted octanol–water partition coefficient (Wildman–Crippen LogP) is 3.02. The highest BCUT2D eigenvalue weighted by Gasteiger charge is 1.89. The molecule has 0 atom stereocenters. The molecule has 0 spiro atoms. The molecule has 0 saturated carbocycles. The lowest BCUT2D eigenvalue weighted by Crippen LogP contribution is -2.15. The van der Waals surface area contributed by atoms with E-state index in [1.165, 1.54) is 32.1 Å². The highest BCUT2D eigenvalue weighted by molar-refractivity contribution is 4.76. The molecule has 14 heavy (non-hydrogen) atoms. The zero-order chi connectivity index (χ0) is 10.5. The molecule has 0 aromatic carbocycles. The monoisotopic (exact) mass is 194 g/mol. The highest BCUT2D eigenvalue weighted by atomic mass is 14.8. The van der Waals surface area contributed by atoms with Crippen LogP contribution in [0.1, 0.15) is 45.4 Å². The van der Waals surface area contributed by atoms with Crippen molar-refractivity contribution in [2.45, 2.75) is 45.4 Å². The van der Waals surface area contributed by atoms with Gasteiger partial charge in [0.05, 0.1) is 6.07 Å². The van der Waals surface area contributed by atoms with Gasteiger partial charge >= 0.3 is 0 Å². The van der Waals surface area contributed by atoms with Gasteiger partial charge in [-0.25, -0.2) is 0 Å². The molecule has 0 aromatic rings. The molecule has 0 radical (unpaired) electrons. The van der Waals surface area contributed by atoms with E-state index in [0.29, 0.717) is 6.42 Å². The van der Waals surface area contributed by atoms with Gasteiger partial charge in [0.1, 0.15) is 0 Å². The van der Waals surface area contributed by atoms with Crippen LogP contribution in [0.5, 0.6) is 0 Å². The van der Waals surface area contributed by atoms with Crippen LogP contribution in [0.15, 0.2) is 12.2 Å². The fourth-order valence-corrected chi connectivity index (χ4v) is 1.30. The summed E-state index contributed by atoms with van der Waals surface area (Å²) in [6, 6.07) is 2.12. The first-order valence-electron chi connectivity index (χ1n) is 5.60. The van der Waals surface area contributed by atoms with E-state index < -0.39 is 0 Å². The lowest BCUT2D eigenvalue weighted by atomic mass is 10.1. The molecular weight excluding hydrogens is 172 g/mol. The second-order valence-electron chi connectivity index (χ2n) is 3.43. The van der Waals surface area contributed by atoms with Crippen molar-refractivity contribution < 1.29 is 0 Å². The molecule has 0 amide bonds. The van der Waals surface area contributed by atoms with E-state index >= 15 is 0 Å². The van der Waals surface area contributed by atoms with Crippen LogP contribution in [0, 0.1) is 11.3 Å². The van der Waals surface area contributed by atoms with Crippen molar-refractivity contribution in [1.82, 2.24) is 5.32 Å². The maximum atomic E-state index is 8.29. The molecule has 0 heterocycles. The number of nitrogens with zero attached hydrogens (tertiary/aromatic N) is 1. The van der Waals surface area contributed by atoms with Gasteiger partial charge in [-0.05, 0) is 32.7 Å². The Kier molecular flexibility index (Phi) is 11.5. The molecule has 0 bridgehead atoms. The first-order chi connectivity index (χ1) is 6.91. The minimum absolute atomic E-state index is 0.626. The van der Waals surface area contributed by atoms with Crippen LogP contribution in [-0.4, -0.2) is 13.1 Å². The average molecular weight is 194 g/mol. The van der Waals surface area contributed by atoms with Crippen LogP contribution in [0.25, 0.3) is 0 Å². The second kappa shape index (κ2) is 12.2. The Hall–Kier alpha value is -0.810. The third kappa shape index (κ3) is 11.2. The molecular formula is C12H22N2. The number of allylic oxidation sites excluding steroid dienone is 2. The van der Waals surface area contributed by atoms with Gasteiger partial charge in [0.25, 0.3) is 0 Å². The molecule has 2 nitrogen and oxygen atoms in total. The van der Waals surface area contributed by atoms with Crippen LogP contribution in [0.3, 0.4) is 0 Å². The third-order valence-corrected chi connectivity index (χ3v) is 2.12. The normalized spacial score (nSPS) is 10.6. The summed E-state index contributed by atoms with van der Waals surface area (Å²) in [6.07, 6.45) is 11.4. The summed E-state index contributed by atoms with van der Waals surface area (Å²) in [7, 11) is 0. The Morgan fingerprint density at radius 1 is 1.14 bits per heavy atom. The molecule has 0 aliphatic rings. The van der Waals surface area contributed by atoms with Gasteiger partial charge in [-0.3, -0.25) is 0 Å². The number of hydrogen-bond donors (Lipinski definition) is 1. The van der Waals surface area contributed by atoms with E-state index in [0.717, 1.165) is 13.1 Å². The van der Waals surface area contributed by atoms with Crippen LogP contribution in [0.4, 0.5) is 0 Å². The van der Waals surface area contributed by atoms with Crippen molar-refractivity contribution in [1.29, 1.82) is 5.26 Å². The first-order valence-corrected chi connectivity index (χ1v) is 5.60. The number of nitrogens with one attached hydrogen (secondary N) is 1. The zero-order valence-corrected chi connectivity index (χ0v) is 9.26. The second-order valence-corrected chi connectivity index (χ2v) is 3.43. The number of hydrogen-bond acceptors (Lipinski definition) is 2. The Labute approximate surface area is 88.0 Å². The highest BCUT2D eigenvalue weighted by Crippen LogP contribution is 2.02. The van der Waals surface area contributed by atoms with Gasteiger partial charge in [0.2, 0.25) is 0 Å². The topological polar surface area (TPSA) is 35.8 Å². The zero-order valence-electron chi connectivity index (χ0n) is 9.26. The lowest BCUT2D eigenvalue weighted by Gasteiger charge is -2.01. The molecule has 0 aliphatic carbocycles. The molecule has 80 valence electrons. The molecule has 0 unspecified atom stereocenters. The Balaban J connectivity index is 2.89. The van der Waals surface area contributed by atoms with E-state index in [1.54, 1.807) is 0 Å². The molecule has 1 N–H and O–H groups in total. The van der Waals surface area contributed by atoms with Crippen molar-refractivity contribution in [2.75, 3.05) is 13.1 Å². The number of nitriles is 1. The van der Waals surface area contributed by atoms with Gasteiger partial charge in [0.15, 0.2) is 0 Å². The van der Waals surface area contributed by atoms with Crippen LogP contribution in [-0.2, 0) is 0 Å². The summed E-state index contributed by atoms with van der Waals surface area (Å²) in [5.74, 6) is 0. The summed E-state index contributed by atoms with van der Waals surface area (Å²) < 4.78 is 0. The fraction of sp³-hybridized carbons (Fsp3) is 0.750. The summed E-state index contributed by atoms with van der Waals surface area (Å²) in [5, 5.41) is 11.5. The van der Waals surface area contributed by atoms with Gasteiger partial charge in [-0.15, -0.1) is 0 Å². The van der Waals surface area contributed by atoms with E-state index in [4.69, 9.17) is 5.26 Å². The van der Waals surface area contributed by atoms with E-state index in [1.807, 2.05) is 0 Å². The van der Waals surface area contributed by atoms with Crippen molar-refractivity contribution in [3.8, 4) is 6.07 Å². The summed E-state index contributed by atoms with van der Waals surface area (Å²) in [5.41, 5.74) is 0. The van der Waals surface area contributed by atoms with Crippen LogP contribution >= 0.6 is 0 Å². The number of unbranched alkanes of at least 4 members (excludes halogenated alkanes) is 4. The minimum atomic E-state index is 0.626. The maximum Gasteiger partial charge on any atom is 0.0635 e.